The van der Waals surface area contributed by atoms with Gasteiger partial charge in [0.05, 0.1) is 18.0 Å². The van der Waals surface area contributed by atoms with E-state index in [4.69, 9.17) is 5.11 Å². The molecular weight excluding hydrogens is 188 g/mol. The third kappa shape index (κ3) is 2.19. The van der Waals surface area contributed by atoms with Gasteiger partial charge in [-0.1, -0.05) is 29.8 Å². The molecule has 2 rings (SSSR count). The number of benzene rings is 1. The first-order chi connectivity index (χ1) is 7.29. The molecule has 0 saturated carbocycles. The fraction of sp³-hybridized carbons (Fsp3) is 0.167. The first-order valence-corrected chi connectivity index (χ1v) is 4.78. The molecule has 0 fully saturated rings. The van der Waals surface area contributed by atoms with Crippen LogP contribution in [0.3, 0.4) is 0 Å². The molecule has 0 spiro atoms. The van der Waals surface area contributed by atoms with E-state index in [0.717, 1.165) is 11.3 Å². The minimum absolute atomic E-state index is 0.0542. The summed E-state index contributed by atoms with van der Waals surface area (Å²) in [7, 11) is 0. The molecule has 1 aromatic heterocycles. The zero-order valence-electron chi connectivity index (χ0n) is 8.51. The largest absolute Gasteiger partial charge is 0.390 e. The van der Waals surface area contributed by atoms with E-state index in [-0.39, 0.29) is 6.61 Å². The van der Waals surface area contributed by atoms with Gasteiger partial charge in [-0.25, -0.2) is 9.97 Å². The molecule has 0 radical (unpaired) electrons. The third-order valence-corrected chi connectivity index (χ3v) is 2.23. The topological polar surface area (TPSA) is 46.0 Å². The maximum atomic E-state index is 8.96. The van der Waals surface area contributed by atoms with E-state index < -0.39 is 0 Å². The van der Waals surface area contributed by atoms with E-state index in [1.807, 2.05) is 31.2 Å². The van der Waals surface area contributed by atoms with Gasteiger partial charge in [-0.15, -0.1) is 0 Å². The van der Waals surface area contributed by atoms with Gasteiger partial charge in [0, 0.05) is 5.56 Å². The van der Waals surface area contributed by atoms with Crippen LogP contribution in [0, 0.1) is 6.92 Å². The zero-order chi connectivity index (χ0) is 10.7. The third-order valence-electron chi connectivity index (χ3n) is 2.23. The van der Waals surface area contributed by atoms with Crippen molar-refractivity contribution >= 4 is 0 Å². The molecule has 0 aliphatic carbocycles. The Morgan fingerprint density at radius 2 is 1.87 bits per heavy atom. The highest BCUT2D eigenvalue weighted by molar-refractivity contribution is 5.59. The maximum absolute atomic E-state index is 8.96. The number of aromatic nitrogens is 2. The number of nitrogens with zero attached hydrogens (tertiary/aromatic N) is 2. The maximum Gasteiger partial charge on any atom is 0.116 e. The molecule has 3 heteroatoms. The summed E-state index contributed by atoms with van der Waals surface area (Å²) in [6, 6.07) is 9.90. The Kier molecular flexibility index (Phi) is 2.74. The molecule has 76 valence electrons. The Bertz CT molecular complexity index is 451. The minimum Gasteiger partial charge on any atom is -0.390 e. The number of hydrogen-bond donors (Lipinski definition) is 1. The molecule has 15 heavy (non-hydrogen) atoms. The van der Waals surface area contributed by atoms with E-state index in [0.29, 0.717) is 5.69 Å². The SMILES string of the molecule is Cc1ccc(-c2cc(CO)ncn2)cc1. The van der Waals surface area contributed by atoms with Crippen LogP contribution in [0.25, 0.3) is 11.3 Å². The Hall–Kier alpha value is -1.74. The Morgan fingerprint density at radius 1 is 1.13 bits per heavy atom. The smallest absolute Gasteiger partial charge is 0.116 e. The highest BCUT2D eigenvalue weighted by atomic mass is 16.3. The second kappa shape index (κ2) is 4.19. The lowest BCUT2D eigenvalue weighted by Gasteiger charge is -2.02. The molecule has 1 heterocycles. The van der Waals surface area contributed by atoms with Crippen molar-refractivity contribution in [3.05, 3.63) is 47.9 Å². The first-order valence-electron chi connectivity index (χ1n) is 4.78. The highest BCUT2D eigenvalue weighted by Gasteiger charge is 2.00. The molecule has 1 aromatic carbocycles. The van der Waals surface area contributed by atoms with Crippen LogP contribution in [0.1, 0.15) is 11.3 Å². The number of rotatable bonds is 2. The lowest BCUT2D eigenvalue weighted by atomic mass is 10.1. The van der Waals surface area contributed by atoms with E-state index >= 15 is 0 Å². The van der Waals surface area contributed by atoms with Crippen LogP contribution >= 0.6 is 0 Å². The summed E-state index contributed by atoms with van der Waals surface area (Å²) < 4.78 is 0. The molecule has 0 amide bonds. The number of aliphatic hydroxyl groups is 1. The number of aryl methyl sites for hydroxylation is 1. The van der Waals surface area contributed by atoms with Crippen LogP contribution in [-0.2, 0) is 6.61 Å². The Morgan fingerprint density at radius 3 is 2.53 bits per heavy atom. The molecule has 0 aliphatic heterocycles. The van der Waals surface area contributed by atoms with Gasteiger partial charge in [-0.3, -0.25) is 0 Å². The van der Waals surface area contributed by atoms with Crippen LogP contribution in [0.15, 0.2) is 36.7 Å². The molecule has 0 aliphatic rings. The second-order valence-corrected chi connectivity index (χ2v) is 3.42. The number of aliphatic hydroxyl groups excluding tert-OH is 1. The summed E-state index contributed by atoms with van der Waals surface area (Å²) in [6.45, 7) is 1.99. The zero-order valence-corrected chi connectivity index (χ0v) is 8.51. The first kappa shape index (κ1) is 9.80. The average Bonchev–Trinajstić information content (AvgIpc) is 2.30. The molecule has 2 aromatic rings. The van der Waals surface area contributed by atoms with Crippen molar-refractivity contribution < 1.29 is 5.11 Å². The van der Waals surface area contributed by atoms with E-state index in [2.05, 4.69) is 9.97 Å². The summed E-state index contributed by atoms with van der Waals surface area (Å²) in [6.07, 6.45) is 1.47. The van der Waals surface area contributed by atoms with Crippen molar-refractivity contribution in [3.63, 3.8) is 0 Å². The normalized spacial score (nSPS) is 10.3. The van der Waals surface area contributed by atoms with Crippen molar-refractivity contribution in [1.82, 2.24) is 9.97 Å². The second-order valence-electron chi connectivity index (χ2n) is 3.42. The highest BCUT2D eigenvalue weighted by Crippen LogP contribution is 2.17. The van der Waals surface area contributed by atoms with Gasteiger partial charge in [0.1, 0.15) is 6.33 Å². The molecule has 1 N–H and O–H groups in total. The van der Waals surface area contributed by atoms with Gasteiger partial charge in [0.25, 0.3) is 0 Å². The van der Waals surface area contributed by atoms with Gasteiger partial charge < -0.3 is 5.11 Å². The van der Waals surface area contributed by atoms with E-state index in [1.165, 1.54) is 11.9 Å². The molecule has 0 atom stereocenters. The van der Waals surface area contributed by atoms with Crippen LogP contribution in [0.5, 0.6) is 0 Å². The van der Waals surface area contributed by atoms with Crippen molar-refractivity contribution in [2.45, 2.75) is 13.5 Å². The van der Waals surface area contributed by atoms with Gasteiger partial charge in [0.15, 0.2) is 0 Å². The fourth-order valence-electron chi connectivity index (χ4n) is 1.37. The van der Waals surface area contributed by atoms with E-state index in [9.17, 15) is 0 Å². The molecule has 0 saturated heterocycles. The van der Waals surface area contributed by atoms with E-state index in [1.54, 1.807) is 6.07 Å². The van der Waals surface area contributed by atoms with Crippen LogP contribution in [0.2, 0.25) is 0 Å². The summed E-state index contributed by atoms with van der Waals surface area (Å²) >= 11 is 0. The van der Waals surface area contributed by atoms with Crippen molar-refractivity contribution in [2.24, 2.45) is 0 Å². The fourth-order valence-corrected chi connectivity index (χ4v) is 1.37. The van der Waals surface area contributed by atoms with Crippen LogP contribution in [-0.4, -0.2) is 15.1 Å². The van der Waals surface area contributed by atoms with Crippen molar-refractivity contribution in [1.29, 1.82) is 0 Å². The summed E-state index contributed by atoms with van der Waals surface area (Å²) in [5.41, 5.74) is 3.74. The summed E-state index contributed by atoms with van der Waals surface area (Å²) in [4.78, 5) is 8.10. The van der Waals surface area contributed by atoms with Gasteiger partial charge in [-0.05, 0) is 13.0 Å². The minimum atomic E-state index is -0.0542. The quantitative estimate of drug-likeness (QED) is 0.805. The van der Waals surface area contributed by atoms with Crippen LogP contribution < -0.4 is 0 Å². The lowest BCUT2D eigenvalue weighted by Crippen LogP contribution is -1.92. The standard InChI is InChI=1S/C12H12N2O/c1-9-2-4-10(5-3-9)12-6-11(7-15)13-8-14-12/h2-6,8,15H,7H2,1H3. The average molecular weight is 200 g/mol. The summed E-state index contributed by atoms with van der Waals surface area (Å²) in [5.74, 6) is 0. The summed E-state index contributed by atoms with van der Waals surface area (Å²) in [5, 5.41) is 8.96. The molecular formula is C12H12N2O. The molecule has 0 bridgehead atoms. The lowest BCUT2D eigenvalue weighted by molar-refractivity contribution is 0.276. The van der Waals surface area contributed by atoms with Crippen molar-refractivity contribution in [3.8, 4) is 11.3 Å². The van der Waals surface area contributed by atoms with Gasteiger partial charge in [0.2, 0.25) is 0 Å². The number of hydrogen-bond acceptors (Lipinski definition) is 3. The van der Waals surface area contributed by atoms with Gasteiger partial charge in [-0.2, -0.15) is 0 Å². The Balaban J connectivity index is 2.40. The van der Waals surface area contributed by atoms with Crippen molar-refractivity contribution in [2.75, 3.05) is 0 Å². The predicted molar refractivity (Wildman–Crippen MR) is 58.1 cm³/mol. The van der Waals surface area contributed by atoms with Gasteiger partial charge >= 0.3 is 0 Å². The Labute approximate surface area is 88.5 Å². The van der Waals surface area contributed by atoms with Crippen LogP contribution in [0.4, 0.5) is 0 Å². The monoisotopic (exact) mass is 200 g/mol. The molecule has 3 nitrogen and oxygen atoms in total. The predicted octanol–water partition coefficient (Wildman–Crippen LogP) is 1.94. The molecule has 0 unspecified atom stereocenters.